The first-order chi connectivity index (χ1) is 8.18. The van der Waals surface area contributed by atoms with E-state index >= 15 is 0 Å². The predicted octanol–water partition coefficient (Wildman–Crippen LogP) is 3.84. The minimum Gasteiger partial charge on any atom is -0.330 e. The van der Waals surface area contributed by atoms with E-state index in [1.807, 2.05) is 12.1 Å². The summed E-state index contributed by atoms with van der Waals surface area (Å²) < 4.78 is 12.9. The normalized spacial score (nSPS) is 21.1. The molecule has 1 aromatic rings. The van der Waals surface area contributed by atoms with Crippen LogP contribution in [0.2, 0.25) is 0 Å². The maximum absolute atomic E-state index is 12.9. The van der Waals surface area contributed by atoms with E-state index in [0.717, 1.165) is 6.54 Å². The Kier molecular flexibility index (Phi) is 3.82. The molecular weight excluding hydrogens is 213 g/mol. The van der Waals surface area contributed by atoms with Crippen molar-refractivity contribution in [2.24, 2.45) is 11.1 Å². The third-order valence-electron chi connectivity index (χ3n) is 4.54. The van der Waals surface area contributed by atoms with Gasteiger partial charge in [0.05, 0.1) is 0 Å². The Balaban J connectivity index is 2.21. The Labute approximate surface area is 103 Å². The van der Waals surface area contributed by atoms with Crippen molar-refractivity contribution >= 4 is 0 Å². The fourth-order valence-corrected chi connectivity index (χ4v) is 3.17. The van der Waals surface area contributed by atoms with Crippen molar-refractivity contribution in [1.82, 2.24) is 0 Å². The van der Waals surface area contributed by atoms with E-state index in [2.05, 4.69) is 6.92 Å². The molecule has 2 N–H and O–H groups in total. The van der Waals surface area contributed by atoms with Gasteiger partial charge in [0.2, 0.25) is 0 Å². The highest BCUT2D eigenvalue weighted by Crippen LogP contribution is 2.46. The Bertz CT molecular complexity index is 352. The topological polar surface area (TPSA) is 26.0 Å². The molecule has 1 aromatic carbocycles. The Morgan fingerprint density at radius 1 is 1.18 bits per heavy atom. The second kappa shape index (κ2) is 5.18. The zero-order valence-corrected chi connectivity index (χ0v) is 10.6. The Morgan fingerprint density at radius 3 is 2.29 bits per heavy atom. The quantitative estimate of drug-likeness (QED) is 0.846. The zero-order chi connectivity index (χ0) is 12.3. The van der Waals surface area contributed by atoms with Crippen LogP contribution in [0, 0.1) is 11.2 Å². The summed E-state index contributed by atoms with van der Waals surface area (Å²) in [6.07, 6.45) is 6.31. The van der Waals surface area contributed by atoms with Crippen molar-refractivity contribution in [1.29, 1.82) is 0 Å². The fourth-order valence-electron chi connectivity index (χ4n) is 3.17. The van der Waals surface area contributed by atoms with Crippen molar-refractivity contribution in [2.75, 3.05) is 6.54 Å². The molecule has 0 radical (unpaired) electrons. The van der Waals surface area contributed by atoms with Crippen LogP contribution in [0.25, 0.3) is 0 Å². The minimum atomic E-state index is -0.161. The van der Waals surface area contributed by atoms with Crippen molar-refractivity contribution in [3.63, 3.8) is 0 Å². The van der Waals surface area contributed by atoms with Crippen LogP contribution in [0.3, 0.4) is 0 Å². The van der Waals surface area contributed by atoms with Gasteiger partial charge in [0.15, 0.2) is 0 Å². The van der Waals surface area contributed by atoms with E-state index in [1.165, 1.54) is 37.7 Å². The van der Waals surface area contributed by atoms with Crippen LogP contribution in [-0.4, -0.2) is 6.54 Å². The molecule has 0 aromatic heterocycles. The van der Waals surface area contributed by atoms with Gasteiger partial charge in [-0.25, -0.2) is 4.39 Å². The average molecular weight is 235 g/mol. The number of rotatable bonds is 3. The van der Waals surface area contributed by atoms with Crippen molar-refractivity contribution in [2.45, 2.75) is 44.9 Å². The SMILES string of the molecule is CC(c1ccc(F)cc1)C1(CN)CCCCC1. The maximum atomic E-state index is 12.9. The highest BCUT2D eigenvalue weighted by atomic mass is 19.1. The van der Waals surface area contributed by atoms with Gasteiger partial charge in [0, 0.05) is 0 Å². The minimum absolute atomic E-state index is 0.161. The molecule has 94 valence electrons. The van der Waals surface area contributed by atoms with E-state index < -0.39 is 0 Å². The van der Waals surface area contributed by atoms with E-state index in [4.69, 9.17) is 5.73 Å². The summed E-state index contributed by atoms with van der Waals surface area (Å²) in [6.45, 7) is 2.98. The molecule has 1 fully saturated rings. The Morgan fingerprint density at radius 2 is 1.76 bits per heavy atom. The number of hydrogen-bond donors (Lipinski definition) is 1. The van der Waals surface area contributed by atoms with Crippen molar-refractivity contribution in [3.05, 3.63) is 35.6 Å². The molecule has 1 aliphatic rings. The van der Waals surface area contributed by atoms with Gasteiger partial charge in [0.1, 0.15) is 5.82 Å². The summed E-state index contributed by atoms with van der Waals surface area (Å²) in [5, 5.41) is 0. The summed E-state index contributed by atoms with van der Waals surface area (Å²) in [5.74, 6) is 0.264. The molecule has 2 heteroatoms. The molecular formula is C15H22FN. The molecule has 2 rings (SSSR count). The van der Waals surface area contributed by atoms with E-state index in [0.29, 0.717) is 5.92 Å². The monoisotopic (exact) mass is 235 g/mol. The van der Waals surface area contributed by atoms with Gasteiger partial charge in [-0.3, -0.25) is 0 Å². The molecule has 0 bridgehead atoms. The smallest absolute Gasteiger partial charge is 0.123 e. The van der Waals surface area contributed by atoms with Crippen LogP contribution in [0.1, 0.15) is 50.5 Å². The summed E-state index contributed by atoms with van der Waals surface area (Å²) in [4.78, 5) is 0. The second-order valence-corrected chi connectivity index (χ2v) is 5.40. The largest absolute Gasteiger partial charge is 0.330 e. The average Bonchev–Trinajstić information content (AvgIpc) is 2.39. The van der Waals surface area contributed by atoms with Crippen molar-refractivity contribution < 1.29 is 4.39 Å². The number of halogens is 1. The molecule has 17 heavy (non-hydrogen) atoms. The van der Waals surface area contributed by atoms with E-state index in [9.17, 15) is 4.39 Å². The van der Waals surface area contributed by atoms with Crippen LogP contribution < -0.4 is 5.73 Å². The standard InChI is InChI=1S/C15H22FN/c1-12(13-5-7-14(16)8-6-13)15(11-17)9-3-2-4-10-15/h5-8,12H,2-4,9-11,17H2,1H3. The number of nitrogens with two attached hydrogens (primary N) is 1. The number of hydrogen-bond acceptors (Lipinski definition) is 1. The molecule has 1 atom stereocenters. The first-order valence-corrected chi connectivity index (χ1v) is 6.63. The summed E-state index contributed by atoms with van der Waals surface area (Å²) >= 11 is 0. The molecule has 0 spiro atoms. The number of benzene rings is 1. The molecule has 1 unspecified atom stereocenters. The van der Waals surface area contributed by atoms with E-state index in [-0.39, 0.29) is 11.2 Å². The van der Waals surface area contributed by atoms with Gasteiger partial charge in [-0.2, -0.15) is 0 Å². The van der Waals surface area contributed by atoms with Crippen LogP contribution in [0.4, 0.5) is 4.39 Å². The van der Waals surface area contributed by atoms with Crippen LogP contribution in [0.5, 0.6) is 0 Å². The molecule has 0 amide bonds. The lowest BCUT2D eigenvalue weighted by Gasteiger charge is -2.41. The zero-order valence-electron chi connectivity index (χ0n) is 10.6. The molecule has 0 saturated heterocycles. The van der Waals surface area contributed by atoms with Gasteiger partial charge in [0.25, 0.3) is 0 Å². The molecule has 0 heterocycles. The van der Waals surface area contributed by atoms with E-state index in [1.54, 1.807) is 12.1 Å². The first kappa shape index (κ1) is 12.6. The highest BCUT2D eigenvalue weighted by molar-refractivity contribution is 5.22. The van der Waals surface area contributed by atoms with Gasteiger partial charge in [-0.05, 0) is 48.4 Å². The second-order valence-electron chi connectivity index (χ2n) is 5.40. The van der Waals surface area contributed by atoms with Crippen LogP contribution in [0.15, 0.2) is 24.3 Å². The van der Waals surface area contributed by atoms with Gasteiger partial charge >= 0.3 is 0 Å². The lowest BCUT2D eigenvalue weighted by molar-refractivity contribution is 0.161. The van der Waals surface area contributed by atoms with Gasteiger partial charge in [-0.1, -0.05) is 38.3 Å². The molecule has 0 aliphatic heterocycles. The van der Waals surface area contributed by atoms with Crippen LogP contribution >= 0.6 is 0 Å². The Hall–Kier alpha value is -0.890. The summed E-state index contributed by atoms with van der Waals surface area (Å²) in [5.41, 5.74) is 7.49. The third-order valence-corrected chi connectivity index (χ3v) is 4.54. The lowest BCUT2D eigenvalue weighted by atomic mass is 9.64. The van der Waals surface area contributed by atoms with Crippen LogP contribution in [-0.2, 0) is 0 Å². The van der Waals surface area contributed by atoms with Crippen molar-refractivity contribution in [3.8, 4) is 0 Å². The lowest BCUT2D eigenvalue weighted by Crippen LogP contribution is -2.37. The predicted molar refractivity (Wildman–Crippen MR) is 69.4 cm³/mol. The van der Waals surface area contributed by atoms with Gasteiger partial charge < -0.3 is 5.73 Å². The molecule has 1 saturated carbocycles. The maximum Gasteiger partial charge on any atom is 0.123 e. The summed E-state index contributed by atoms with van der Waals surface area (Å²) in [6, 6.07) is 6.93. The molecule has 1 aliphatic carbocycles. The van der Waals surface area contributed by atoms with Gasteiger partial charge in [-0.15, -0.1) is 0 Å². The fraction of sp³-hybridized carbons (Fsp3) is 0.600. The highest BCUT2D eigenvalue weighted by Gasteiger charge is 2.36. The summed E-state index contributed by atoms with van der Waals surface area (Å²) in [7, 11) is 0. The third kappa shape index (κ3) is 2.52. The first-order valence-electron chi connectivity index (χ1n) is 6.63. The molecule has 1 nitrogen and oxygen atoms in total.